The largest absolute Gasteiger partial charge is 0.507 e. The van der Waals surface area contributed by atoms with Crippen LogP contribution < -0.4 is 0 Å². The smallest absolute Gasteiger partial charge is 0.376 e. The number of hydrogen-bond acceptors (Lipinski definition) is 3. The zero-order chi connectivity index (χ0) is 13.8. The molecule has 0 saturated carbocycles. The van der Waals surface area contributed by atoms with Crippen molar-refractivity contribution in [1.82, 2.24) is 0 Å². The summed E-state index contributed by atoms with van der Waals surface area (Å²) in [4.78, 5) is 0. The zero-order valence-corrected chi connectivity index (χ0v) is 13.3. The summed E-state index contributed by atoms with van der Waals surface area (Å²) in [7, 11) is 2.22. The highest BCUT2D eigenvalue weighted by Crippen LogP contribution is 2.30. The minimum atomic E-state index is -2.66. The molecule has 18 heavy (non-hydrogen) atoms. The number of alkyl halides is 1. The van der Waals surface area contributed by atoms with Crippen molar-refractivity contribution in [2.75, 3.05) is 21.3 Å². The molecule has 2 unspecified atom stereocenters. The molecule has 0 N–H and O–H groups in total. The molecule has 0 aliphatic heterocycles. The van der Waals surface area contributed by atoms with E-state index in [9.17, 15) is 0 Å². The molecule has 0 aliphatic carbocycles. The fourth-order valence-corrected chi connectivity index (χ4v) is 4.34. The maximum atomic E-state index is 6.11. The number of halogens is 1. The molecule has 2 atom stereocenters. The fraction of sp³-hybridized carbons (Fsp3) is 0.538. The van der Waals surface area contributed by atoms with Crippen LogP contribution in [-0.4, -0.2) is 30.1 Å². The van der Waals surface area contributed by atoms with Gasteiger partial charge in [-0.3, -0.25) is 0 Å². The summed E-state index contributed by atoms with van der Waals surface area (Å²) in [6, 6.07) is 8.15. The molecule has 0 bridgehead atoms. The molecular formula is C13H21ClO3Si. The SMILES string of the molecule is CO[Si](OC)(OC)C(C)c1cccc(C(C)Cl)c1. The van der Waals surface area contributed by atoms with Gasteiger partial charge in [0.25, 0.3) is 0 Å². The van der Waals surface area contributed by atoms with Gasteiger partial charge in [0.05, 0.1) is 10.9 Å². The van der Waals surface area contributed by atoms with Gasteiger partial charge in [-0.05, 0) is 18.1 Å². The Bertz CT molecular complexity index is 372. The highest BCUT2D eigenvalue weighted by Gasteiger charge is 2.45. The summed E-state index contributed by atoms with van der Waals surface area (Å²) >= 11 is 6.11. The van der Waals surface area contributed by atoms with Crippen molar-refractivity contribution in [3.63, 3.8) is 0 Å². The summed E-state index contributed by atoms with van der Waals surface area (Å²) in [5.41, 5.74) is 2.28. The molecule has 5 heteroatoms. The highest BCUT2D eigenvalue weighted by molar-refractivity contribution is 6.62. The van der Waals surface area contributed by atoms with Crippen molar-refractivity contribution in [3.8, 4) is 0 Å². The number of hydrogen-bond donors (Lipinski definition) is 0. The average molecular weight is 289 g/mol. The molecule has 102 valence electrons. The Morgan fingerprint density at radius 2 is 1.50 bits per heavy atom. The van der Waals surface area contributed by atoms with Gasteiger partial charge < -0.3 is 13.3 Å². The third kappa shape index (κ3) is 3.13. The zero-order valence-electron chi connectivity index (χ0n) is 11.6. The van der Waals surface area contributed by atoms with Crippen LogP contribution in [0.4, 0.5) is 0 Å². The van der Waals surface area contributed by atoms with E-state index in [1.807, 2.05) is 25.1 Å². The second-order valence-corrected chi connectivity index (χ2v) is 8.18. The Balaban J connectivity index is 3.08. The van der Waals surface area contributed by atoms with Crippen LogP contribution in [0.15, 0.2) is 24.3 Å². The fourth-order valence-electron chi connectivity index (χ4n) is 2.06. The van der Waals surface area contributed by atoms with E-state index in [1.54, 1.807) is 21.3 Å². The van der Waals surface area contributed by atoms with Crippen LogP contribution in [0.2, 0.25) is 0 Å². The summed E-state index contributed by atoms with van der Waals surface area (Å²) in [6.45, 7) is 4.01. The van der Waals surface area contributed by atoms with Gasteiger partial charge >= 0.3 is 8.80 Å². The van der Waals surface area contributed by atoms with E-state index in [0.717, 1.165) is 11.1 Å². The lowest BCUT2D eigenvalue weighted by Crippen LogP contribution is -2.48. The molecule has 0 amide bonds. The van der Waals surface area contributed by atoms with E-state index in [-0.39, 0.29) is 10.9 Å². The number of rotatable bonds is 6. The molecular weight excluding hydrogens is 268 g/mol. The molecule has 0 aromatic heterocycles. The highest BCUT2D eigenvalue weighted by atomic mass is 35.5. The Morgan fingerprint density at radius 1 is 1.00 bits per heavy atom. The van der Waals surface area contributed by atoms with Gasteiger partial charge in [-0.1, -0.05) is 31.2 Å². The molecule has 0 saturated heterocycles. The van der Waals surface area contributed by atoms with Gasteiger partial charge in [0, 0.05) is 21.3 Å². The summed E-state index contributed by atoms with van der Waals surface area (Å²) in [5, 5.41) is -0.0131. The molecule has 0 radical (unpaired) electrons. The van der Waals surface area contributed by atoms with Crippen LogP contribution >= 0.6 is 11.6 Å². The molecule has 0 heterocycles. The second kappa shape index (κ2) is 6.68. The van der Waals surface area contributed by atoms with Crippen molar-refractivity contribution < 1.29 is 13.3 Å². The van der Waals surface area contributed by atoms with Crippen LogP contribution in [0.5, 0.6) is 0 Å². The van der Waals surface area contributed by atoms with E-state index in [2.05, 4.69) is 13.0 Å². The maximum absolute atomic E-state index is 6.11. The van der Waals surface area contributed by atoms with E-state index >= 15 is 0 Å². The predicted octanol–water partition coefficient (Wildman–Crippen LogP) is 3.51. The van der Waals surface area contributed by atoms with Gasteiger partial charge in [-0.15, -0.1) is 11.6 Å². The van der Waals surface area contributed by atoms with Gasteiger partial charge in [-0.2, -0.15) is 0 Å². The standard InChI is InChI=1S/C13H21ClO3Si/c1-10(14)12-7-6-8-13(9-12)11(2)18(15-3,16-4)17-5/h6-11H,1-5H3. The van der Waals surface area contributed by atoms with Gasteiger partial charge in [-0.25, -0.2) is 0 Å². The van der Waals surface area contributed by atoms with Crippen LogP contribution in [0, 0.1) is 0 Å². The minimum Gasteiger partial charge on any atom is -0.376 e. The Morgan fingerprint density at radius 3 is 1.94 bits per heavy atom. The Kier molecular flexibility index (Phi) is 5.81. The lowest BCUT2D eigenvalue weighted by atomic mass is 10.1. The normalized spacial score (nSPS) is 15.4. The first-order valence-electron chi connectivity index (χ1n) is 5.90. The average Bonchev–Trinajstić information content (AvgIpc) is 2.41. The molecule has 0 aliphatic rings. The molecule has 3 nitrogen and oxygen atoms in total. The first-order chi connectivity index (χ1) is 8.50. The Hall–Kier alpha value is -0.393. The van der Waals surface area contributed by atoms with Crippen LogP contribution in [0.1, 0.15) is 35.9 Å². The first-order valence-corrected chi connectivity index (χ1v) is 8.14. The second-order valence-electron chi connectivity index (χ2n) is 4.22. The molecule has 0 fully saturated rings. The van der Waals surface area contributed by atoms with E-state index in [1.165, 1.54) is 0 Å². The molecule has 0 spiro atoms. The third-order valence-electron chi connectivity index (χ3n) is 3.25. The van der Waals surface area contributed by atoms with Crippen molar-refractivity contribution in [2.45, 2.75) is 24.8 Å². The molecule has 1 aromatic rings. The lowest BCUT2D eigenvalue weighted by molar-refractivity contribution is 0.114. The van der Waals surface area contributed by atoms with Gasteiger partial charge in [0.2, 0.25) is 0 Å². The van der Waals surface area contributed by atoms with Gasteiger partial charge in [0.15, 0.2) is 0 Å². The van der Waals surface area contributed by atoms with Crippen molar-refractivity contribution >= 4 is 20.4 Å². The molecule has 1 rings (SSSR count). The third-order valence-corrected chi connectivity index (χ3v) is 6.61. The van der Waals surface area contributed by atoms with Crippen LogP contribution in [0.3, 0.4) is 0 Å². The van der Waals surface area contributed by atoms with Crippen LogP contribution in [-0.2, 0) is 13.3 Å². The van der Waals surface area contributed by atoms with E-state index < -0.39 is 8.80 Å². The van der Waals surface area contributed by atoms with E-state index in [0.29, 0.717) is 0 Å². The lowest BCUT2D eigenvalue weighted by Gasteiger charge is -2.30. The summed E-state index contributed by atoms with van der Waals surface area (Å²) in [6.07, 6.45) is 0. The quantitative estimate of drug-likeness (QED) is 0.592. The van der Waals surface area contributed by atoms with Gasteiger partial charge in [0.1, 0.15) is 0 Å². The Labute approximate surface area is 115 Å². The monoisotopic (exact) mass is 288 g/mol. The minimum absolute atomic E-state index is 0.0131. The summed E-state index contributed by atoms with van der Waals surface area (Å²) in [5.74, 6) is 0. The van der Waals surface area contributed by atoms with E-state index in [4.69, 9.17) is 24.9 Å². The van der Waals surface area contributed by atoms with Crippen molar-refractivity contribution in [3.05, 3.63) is 35.4 Å². The van der Waals surface area contributed by atoms with Crippen LogP contribution in [0.25, 0.3) is 0 Å². The summed E-state index contributed by atoms with van der Waals surface area (Å²) < 4.78 is 16.5. The first kappa shape index (κ1) is 15.7. The van der Waals surface area contributed by atoms with Crippen molar-refractivity contribution in [2.24, 2.45) is 0 Å². The number of benzene rings is 1. The van der Waals surface area contributed by atoms with Crippen molar-refractivity contribution in [1.29, 1.82) is 0 Å². The topological polar surface area (TPSA) is 27.7 Å². The predicted molar refractivity (Wildman–Crippen MR) is 75.9 cm³/mol. The molecule has 1 aromatic carbocycles. The maximum Gasteiger partial charge on any atom is 0.507 e.